The average Bonchev–Trinajstić information content (AvgIpc) is 3.90. The van der Waals surface area contributed by atoms with Gasteiger partial charge in [0.25, 0.3) is 5.91 Å². The lowest BCUT2D eigenvalue weighted by atomic mass is 9.84. The number of carbonyl (C=O) groups excluding carboxylic acids is 3. The number of imide groups is 1. The van der Waals surface area contributed by atoms with Gasteiger partial charge in [0, 0.05) is 88.0 Å². The number of rotatable bonds is 8. The Hall–Kier alpha value is -5.34. The molecule has 2 aromatic carbocycles. The second kappa shape index (κ2) is 16.0. The highest BCUT2D eigenvalue weighted by Gasteiger charge is 2.49. The first-order valence-corrected chi connectivity index (χ1v) is 21.3. The van der Waals surface area contributed by atoms with E-state index in [0.29, 0.717) is 56.1 Å². The van der Waals surface area contributed by atoms with Crippen LogP contribution in [-0.4, -0.2) is 123 Å². The van der Waals surface area contributed by atoms with E-state index in [9.17, 15) is 19.5 Å². The zero-order valence-corrected chi connectivity index (χ0v) is 34.1. The van der Waals surface area contributed by atoms with Crippen molar-refractivity contribution in [2.45, 2.75) is 93.9 Å². The van der Waals surface area contributed by atoms with Crippen LogP contribution in [0.15, 0.2) is 73.1 Å². The molecule has 0 saturated carbocycles. The Morgan fingerprint density at radius 2 is 1.61 bits per heavy atom. The number of phenols is 1. The Morgan fingerprint density at radius 1 is 0.898 bits per heavy atom. The molecule has 2 N–H and O–H groups in total. The van der Waals surface area contributed by atoms with Crippen molar-refractivity contribution in [1.82, 2.24) is 35.1 Å². The summed E-state index contributed by atoms with van der Waals surface area (Å²) >= 11 is 0. The number of nitrogens with zero attached hydrogens (tertiary/aromatic N) is 8. The summed E-state index contributed by atoms with van der Waals surface area (Å²) in [5.41, 5.74) is 4.38. The first kappa shape index (κ1) is 39.1. The average molecular weight is 802 g/mol. The van der Waals surface area contributed by atoms with Gasteiger partial charge >= 0.3 is 0 Å². The summed E-state index contributed by atoms with van der Waals surface area (Å²) in [6, 6.07) is 19.9. The second-order valence-corrected chi connectivity index (χ2v) is 17.3. The summed E-state index contributed by atoms with van der Waals surface area (Å²) < 4.78 is 8.61. The Balaban J connectivity index is 0.790. The molecule has 14 heteroatoms. The van der Waals surface area contributed by atoms with Crippen LogP contribution in [0.1, 0.15) is 75.0 Å². The summed E-state index contributed by atoms with van der Waals surface area (Å²) in [5, 5.41) is 26.2. The molecule has 4 aromatic rings. The van der Waals surface area contributed by atoms with Crippen LogP contribution >= 0.6 is 0 Å². The number of ether oxygens (including phenoxy) is 1. The molecule has 5 fully saturated rings. The number of phenolic OH excluding ortho intramolecular Hbond substituents is 1. The van der Waals surface area contributed by atoms with Crippen LogP contribution < -0.4 is 15.1 Å². The number of piperidine rings is 4. The SMILES string of the molecule is Cc1ccnn1C1(C(=O)N(C)C2CCN(C3COC4(CCN(c5ccc([C@H]6CCC(=O)NC6=O)cc5)CC4)C3)CC2)CCN(c2cnnc(-c3ccccc3O)c2)CC1. The molecule has 0 aliphatic carbocycles. The van der Waals surface area contributed by atoms with E-state index >= 15 is 0 Å². The van der Waals surface area contributed by atoms with E-state index in [2.05, 4.69) is 42.3 Å². The molecule has 2 aromatic heterocycles. The zero-order valence-electron chi connectivity index (χ0n) is 34.1. The van der Waals surface area contributed by atoms with E-state index < -0.39 is 5.54 Å². The molecule has 7 heterocycles. The Labute approximate surface area is 345 Å². The van der Waals surface area contributed by atoms with Gasteiger partial charge in [0.1, 0.15) is 11.3 Å². The van der Waals surface area contributed by atoms with Crippen molar-refractivity contribution < 1.29 is 24.2 Å². The van der Waals surface area contributed by atoms with Crippen molar-refractivity contribution in [1.29, 1.82) is 0 Å². The zero-order chi connectivity index (χ0) is 40.7. The molecule has 5 saturated heterocycles. The summed E-state index contributed by atoms with van der Waals surface area (Å²) in [4.78, 5) is 48.1. The second-order valence-electron chi connectivity index (χ2n) is 17.3. The monoisotopic (exact) mass is 801 g/mol. The van der Waals surface area contributed by atoms with E-state index in [-0.39, 0.29) is 41.0 Å². The molecule has 2 atom stereocenters. The Bertz CT molecular complexity index is 2170. The standard InChI is InChI=1S/C45H55N9O5/c1-31-13-20-47-54(31)45(18-25-53(26-19-45)35-27-39(49-46-29-35)38-5-3-4-6-40(38)55)43(58)50(2)33-14-21-51(22-15-33)36-28-44(59-30-36)16-23-52(24-17-44)34-9-7-32(8-10-34)37-11-12-41(56)48-42(37)57/h3-10,13,20,27,29,33,36-37,55H,11-12,14-19,21-26,28,30H2,1-2H3,(H,48,56,57)/t36?,37-/m1/s1. The highest BCUT2D eigenvalue weighted by molar-refractivity contribution is 6.01. The minimum atomic E-state index is -0.785. The first-order chi connectivity index (χ1) is 28.6. The largest absolute Gasteiger partial charge is 0.507 e. The van der Waals surface area contributed by atoms with Gasteiger partial charge in [-0.15, -0.1) is 0 Å². The van der Waals surface area contributed by atoms with Gasteiger partial charge in [0.15, 0.2) is 0 Å². The summed E-state index contributed by atoms with van der Waals surface area (Å²) in [6.07, 6.45) is 10.6. The van der Waals surface area contributed by atoms with Gasteiger partial charge < -0.3 is 24.5 Å². The van der Waals surface area contributed by atoms with Gasteiger partial charge in [-0.05, 0) is 100 Å². The van der Waals surface area contributed by atoms with Crippen molar-refractivity contribution in [2.75, 3.05) is 62.7 Å². The number of benzene rings is 2. The normalized spacial score (nSPS) is 23.7. The molecule has 0 radical (unpaired) electrons. The van der Waals surface area contributed by atoms with E-state index in [0.717, 1.165) is 87.5 Å². The highest BCUT2D eigenvalue weighted by Crippen LogP contribution is 2.41. The molecule has 1 spiro atoms. The lowest BCUT2D eigenvalue weighted by Gasteiger charge is -2.46. The number of para-hydroxylation sites is 1. The molecule has 0 bridgehead atoms. The third-order valence-corrected chi connectivity index (χ3v) is 14.1. The molecule has 14 nitrogen and oxygen atoms in total. The molecular weight excluding hydrogens is 747 g/mol. The molecule has 310 valence electrons. The van der Waals surface area contributed by atoms with Crippen LogP contribution in [0.5, 0.6) is 5.75 Å². The van der Waals surface area contributed by atoms with Crippen LogP contribution in [0, 0.1) is 6.92 Å². The number of carbonyl (C=O) groups is 3. The fourth-order valence-corrected chi connectivity index (χ4v) is 10.5. The molecule has 3 amide bonds. The maximum absolute atomic E-state index is 14.8. The lowest BCUT2D eigenvalue weighted by Crippen LogP contribution is -2.59. The van der Waals surface area contributed by atoms with Crippen LogP contribution in [0.3, 0.4) is 0 Å². The van der Waals surface area contributed by atoms with E-state index in [1.807, 2.05) is 60.0 Å². The number of hydrogen-bond acceptors (Lipinski definition) is 11. The number of amides is 3. The van der Waals surface area contributed by atoms with Crippen LogP contribution in [0.2, 0.25) is 0 Å². The quantitative estimate of drug-likeness (QED) is 0.241. The van der Waals surface area contributed by atoms with Gasteiger partial charge in [-0.25, -0.2) is 0 Å². The molecule has 5 aliphatic heterocycles. The van der Waals surface area contributed by atoms with Crippen LogP contribution in [0.4, 0.5) is 11.4 Å². The fourth-order valence-electron chi connectivity index (χ4n) is 10.5. The van der Waals surface area contributed by atoms with Crippen molar-refractivity contribution in [3.05, 3.63) is 84.3 Å². The smallest absolute Gasteiger partial charge is 0.250 e. The summed E-state index contributed by atoms with van der Waals surface area (Å²) in [5.74, 6) is -0.358. The van der Waals surface area contributed by atoms with Crippen molar-refractivity contribution >= 4 is 29.1 Å². The van der Waals surface area contributed by atoms with Crippen molar-refractivity contribution in [3.8, 4) is 17.0 Å². The molecule has 1 unspecified atom stereocenters. The van der Waals surface area contributed by atoms with E-state index in [1.54, 1.807) is 24.5 Å². The van der Waals surface area contributed by atoms with Crippen molar-refractivity contribution in [3.63, 3.8) is 0 Å². The van der Waals surface area contributed by atoms with Gasteiger partial charge in [-0.3, -0.25) is 29.3 Å². The summed E-state index contributed by atoms with van der Waals surface area (Å²) in [6.45, 7) is 7.81. The molecule has 59 heavy (non-hydrogen) atoms. The number of anilines is 2. The van der Waals surface area contributed by atoms with E-state index in [1.165, 1.54) is 0 Å². The predicted octanol–water partition coefficient (Wildman–Crippen LogP) is 4.62. The number of aryl methyl sites for hydroxylation is 1. The maximum atomic E-state index is 14.8. The van der Waals surface area contributed by atoms with E-state index in [4.69, 9.17) is 9.84 Å². The third-order valence-electron chi connectivity index (χ3n) is 14.1. The highest BCUT2D eigenvalue weighted by atomic mass is 16.5. The Morgan fingerprint density at radius 3 is 2.31 bits per heavy atom. The number of aromatic hydroxyl groups is 1. The summed E-state index contributed by atoms with van der Waals surface area (Å²) in [7, 11) is 1.99. The molecule has 5 aliphatic rings. The van der Waals surface area contributed by atoms with Gasteiger partial charge in [-0.2, -0.15) is 15.3 Å². The fraction of sp³-hybridized carbons (Fsp3) is 0.511. The predicted molar refractivity (Wildman–Crippen MR) is 223 cm³/mol. The van der Waals surface area contributed by atoms with Crippen molar-refractivity contribution in [2.24, 2.45) is 0 Å². The number of aromatic nitrogens is 4. The number of nitrogens with one attached hydrogen (secondary N) is 1. The van der Waals surface area contributed by atoms with Gasteiger partial charge in [0.05, 0.1) is 35.7 Å². The molecule has 9 rings (SSSR count). The maximum Gasteiger partial charge on any atom is 0.250 e. The van der Waals surface area contributed by atoms with Gasteiger partial charge in [-0.1, -0.05) is 24.3 Å². The number of hydrogen-bond donors (Lipinski definition) is 2. The molecular formula is C45H55N9O5. The first-order valence-electron chi connectivity index (χ1n) is 21.3. The minimum absolute atomic E-state index is 0.0997. The Kier molecular flexibility index (Phi) is 10.6. The minimum Gasteiger partial charge on any atom is -0.507 e. The third kappa shape index (κ3) is 7.56. The van der Waals surface area contributed by atoms with Gasteiger partial charge in [0.2, 0.25) is 11.8 Å². The van der Waals surface area contributed by atoms with Crippen LogP contribution in [-0.2, 0) is 24.7 Å². The lowest BCUT2D eigenvalue weighted by molar-refractivity contribution is -0.145. The topological polar surface area (TPSA) is 149 Å². The number of likely N-dealkylation sites (tertiary alicyclic amines) is 1. The van der Waals surface area contributed by atoms with Crippen LogP contribution in [0.25, 0.3) is 11.3 Å². The number of likely N-dealkylation sites (N-methyl/N-ethyl adjacent to an activating group) is 1.